The van der Waals surface area contributed by atoms with Gasteiger partial charge in [0, 0.05) is 0 Å². The van der Waals surface area contributed by atoms with Crippen LogP contribution in [0.4, 0.5) is 0 Å². The van der Waals surface area contributed by atoms with Crippen molar-refractivity contribution in [1.29, 1.82) is 0 Å². The van der Waals surface area contributed by atoms with E-state index in [1.807, 2.05) is 0 Å². The van der Waals surface area contributed by atoms with E-state index in [9.17, 15) is 0 Å². The smallest absolute Gasteiger partial charge is 0.147 e. The van der Waals surface area contributed by atoms with Gasteiger partial charge in [0.25, 0.3) is 0 Å². The maximum atomic E-state index is 2.45. The summed E-state index contributed by atoms with van der Waals surface area (Å²) in [5.41, 5.74) is 1.87. The average molecular weight is 313 g/mol. The summed E-state index contributed by atoms with van der Waals surface area (Å²) < 4.78 is 1.62. The van der Waals surface area contributed by atoms with E-state index < -0.39 is 0 Å². The van der Waals surface area contributed by atoms with Gasteiger partial charge in [-0.1, -0.05) is 0 Å². The Morgan fingerprint density at radius 1 is 1.29 bits per heavy atom. The minimum absolute atomic E-state index is 0. The summed E-state index contributed by atoms with van der Waals surface area (Å²) in [5, 5.41) is 0. The summed E-state index contributed by atoms with van der Waals surface area (Å²) in [4.78, 5) is 0. The number of halogens is 2. The molecule has 0 heterocycles. The maximum Gasteiger partial charge on any atom is -0.147 e. The van der Waals surface area contributed by atoms with Gasteiger partial charge in [-0.05, 0) is 0 Å². The van der Waals surface area contributed by atoms with Crippen molar-refractivity contribution in [2.45, 2.75) is 34.1 Å². The van der Waals surface area contributed by atoms with E-state index in [1.54, 1.807) is 28.0 Å². The molecule has 81 valence electrons. The molecule has 0 radical (unpaired) electrons. The average Bonchev–Trinajstić information content (AvgIpc) is 2.29. The molecule has 1 unspecified atom stereocenters. The van der Waals surface area contributed by atoms with E-state index in [0.717, 1.165) is 5.92 Å². The molecule has 1 aliphatic rings. The second-order valence-corrected chi connectivity index (χ2v) is 5.91. The van der Waals surface area contributed by atoms with Crippen molar-refractivity contribution in [2.24, 2.45) is 11.3 Å². The number of hydrogen-bond donors (Lipinski definition) is 0. The molecule has 1 aliphatic carbocycles. The van der Waals surface area contributed by atoms with Gasteiger partial charge in [0.05, 0.1) is 0 Å². The van der Waals surface area contributed by atoms with Crippen molar-refractivity contribution in [3.8, 4) is 0 Å². The Kier molecular flexibility index (Phi) is 8.06. The van der Waals surface area contributed by atoms with E-state index in [4.69, 9.17) is 0 Å². The van der Waals surface area contributed by atoms with E-state index in [-0.39, 0.29) is 24.8 Å². The van der Waals surface area contributed by atoms with Crippen LogP contribution < -0.4 is 0 Å². The van der Waals surface area contributed by atoms with E-state index in [0.29, 0.717) is 5.41 Å². The monoisotopic (exact) mass is 311 g/mol. The van der Waals surface area contributed by atoms with Gasteiger partial charge in [0.1, 0.15) is 0 Å². The van der Waals surface area contributed by atoms with Crippen LogP contribution in [0.25, 0.3) is 0 Å². The fourth-order valence-corrected chi connectivity index (χ4v) is 2.52. The van der Waals surface area contributed by atoms with Gasteiger partial charge in [-0.25, -0.2) is 0 Å². The standard InChI is InChI=1S/C11H17.2ClH.Zr/c1-5-9-6-7-10(8-9)11(2,3)4;;;/h7-9H,5H2,1-4H3;2*1H;. The van der Waals surface area contributed by atoms with Crippen LogP contribution in [0, 0.1) is 11.3 Å². The van der Waals surface area contributed by atoms with Crippen LogP contribution in [0.5, 0.6) is 0 Å². The molecule has 0 saturated carbocycles. The Hall–Kier alpha value is 0.943. The molecule has 0 aromatic heterocycles. The van der Waals surface area contributed by atoms with Gasteiger partial charge in [-0.15, -0.1) is 24.8 Å². The molecule has 0 amide bonds. The third kappa shape index (κ3) is 4.21. The third-order valence-electron chi connectivity index (χ3n) is 2.40. The summed E-state index contributed by atoms with van der Waals surface area (Å²) in [6.07, 6.45) is 6.10. The molecule has 0 fully saturated rings. The van der Waals surface area contributed by atoms with Crippen molar-refractivity contribution < 1.29 is 24.7 Å². The summed E-state index contributed by atoms with van der Waals surface area (Å²) >= 11 is 1.58. The topological polar surface area (TPSA) is 0 Å². The van der Waals surface area contributed by atoms with Gasteiger partial charge in [-0.3, -0.25) is 0 Å². The minimum Gasteiger partial charge on any atom is -0.147 e. The van der Waals surface area contributed by atoms with Crippen LogP contribution >= 0.6 is 24.8 Å². The van der Waals surface area contributed by atoms with Crippen LogP contribution in [0.15, 0.2) is 21.0 Å². The number of hydrogen-bond acceptors (Lipinski definition) is 0. The SMILES string of the molecule is CCC1C=C(C(C)(C)C)C=[C]1[Zr].Cl.Cl. The Morgan fingerprint density at radius 3 is 2.00 bits per heavy atom. The van der Waals surface area contributed by atoms with Crippen molar-refractivity contribution >= 4 is 24.8 Å². The predicted octanol–water partition coefficient (Wildman–Crippen LogP) is 4.27. The van der Waals surface area contributed by atoms with E-state index in [1.165, 1.54) is 12.0 Å². The number of rotatable bonds is 1. The first-order valence-corrected chi connectivity index (χ1v) is 5.83. The first-order valence-electron chi connectivity index (χ1n) is 4.60. The second kappa shape index (κ2) is 6.51. The molecule has 0 bridgehead atoms. The molecule has 3 heteroatoms. The molecular formula is C11H19Cl2Zr. The Bertz CT molecular complexity index is 236. The van der Waals surface area contributed by atoms with Crippen molar-refractivity contribution in [3.05, 3.63) is 21.0 Å². The molecule has 0 nitrogen and oxygen atoms in total. The molecular weight excluding hydrogens is 294 g/mol. The molecule has 0 aromatic rings. The summed E-state index contributed by atoms with van der Waals surface area (Å²) in [6, 6.07) is 0. The zero-order valence-electron chi connectivity index (χ0n) is 9.26. The third-order valence-corrected chi connectivity index (χ3v) is 3.66. The normalized spacial score (nSPS) is 20.4. The molecule has 14 heavy (non-hydrogen) atoms. The van der Waals surface area contributed by atoms with Crippen LogP contribution in [-0.4, -0.2) is 0 Å². The first-order chi connectivity index (χ1) is 5.45. The first kappa shape index (κ1) is 17.3. The zero-order chi connectivity index (χ0) is 9.35. The maximum absolute atomic E-state index is 2.45. The van der Waals surface area contributed by atoms with Gasteiger partial charge >= 0.3 is 91.2 Å². The molecule has 0 aromatic carbocycles. The summed E-state index contributed by atoms with van der Waals surface area (Å²) in [5.74, 6) is 0.748. The fourth-order valence-electron chi connectivity index (χ4n) is 1.43. The summed E-state index contributed by atoms with van der Waals surface area (Å²) in [7, 11) is 0. The molecule has 1 rings (SSSR count). The molecule has 0 N–H and O–H groups in total. The Morgan fingerprint density at radius 2 is 1.79 bits per heavy atom. The largest absolute Gasteiger partial charge is 0.147 e. The predicted molar refractivity (Wildman–Crippen MR) is 63.9 cm³/mol. The van der Waals surface area contributed by atoms with Crippen molar-refractivity contribution in [1.82, 2.24) is 0 Å². The van der Waals surface area contributed by atoms with Gasteiger partial charge in [0.15, 0.2) is 0 Å². The van der Waals surface area contributed by atoms with Gasteiger partial charge in [0.2, 0.25) is 0 Å². The van der Waals surface area contributed by atoms with E-state index >= 15 is 0 Å². The van der Waals surface area contributed by atoms with Crippen LogP contribution in [0.1, 0.15) is 34.1 Å². The number of allylic oxidation sites excluding steroid dienone is 4. The van der Waals surface area contributed by atoms with Crippen LogP contribution in [0.2, 0.25) is 0 Å². The second-order valence-electron chi connectivity index (χ2n) is 4.49. The molecule has 1 atom stereocenters. The zero-order valence-corrected chi connectivity index (χ0v) is 13.3. The van der Waals surface area contributed by atoms with Crippen LogP contribution in [-0.2, 0) is 24.7 Å². The minimum atomic E-state index is 0. The van der Waals surface area contributed by atoms with Gasteiger partial charge in [-0.2, -0.15) is 0 Å². The molecule has 0 spiro atoms. The van der Waals surface area contributed by atoms with Crippen LogP contribution in [0.3, 0.4) is 0 Å². The fraction of sp³-hybridized carbons (Fsp3) is 0.636. The molecule has 0 saturated heterocycles. The summed E-state index contributed by atoms with van der Waals surface area (Å²) in [6.45, 7) is 9.13. The van der Waals surface area contributed by atoms with Crippen molar-refractivity contribution in [3.63, 3.8) is 0 Å². The van der Waals surface area contributed by atoms with Gasteiger partial charge < -0.3 is 0 Å². The van der Waals surface area contributed by atoms with E-state index in [2.05, 4.69) is 39.8 Å². The quantitative estimate of drug-likeness (QED) is 0.678. The molecule has 0 aliphatic heterocycles. The Labute approximate surface area is 115 Å². The Balaban J connectivity index is 0. The van der Waals surface area contributed by atoms with Crippen molar-refractivity contribution in [2.75, 3.05) is 0 Å².